The first kappa shape index (κ1) is 21.3. The van der Waals surface area contributed by atoms with Crippen molar-refractivity contribution in [3.8, 4) is 0 Å². The second kappa shape index (κ2) is 9.89. The van der Waals surface area contributed by atoms with Crippen LogP contribution < -0.4 is 5.32 Å². The van der Waals surface area contributed by atoms with Gasteiger partial charge in [0, 0.05) is 63.2 Å². The molecule has 1 aromatic carbocycles. The molecular formula is C23H28N4O4. The number of nitrogens with zero attached hydrogens (tertiary/aromatic N) is 3. The number of benzene rings is 1. The molecule has 0 atom stereocenters. The van der Waals surface area contributed by atoms with E-state index >= 15 is 0 Å². The van der Waals surface area contributed by atoms with Gasteiger partial charge in [-0.3, -0.25) is 9.78 Å². The van der Waals surface area contributed by atoms with Gasteiger partial charge in [0.05, 0.1) is 13.2 Å². The van der Waals surface area contributed by atoms with E-state index in [-0.39, 0.29) is 18.5 Å². The second-order valence-electron chi connectivity index (χ2n) is 7.98. The van der Waals surface area contributed by atoms with Crippen molar-refractivity contribution in [2.45, 2.75) is 11.8 Å². The van der Waals surface area contributed by atoms with E-state index in [2.05, 4.69) is 16.4 Å². The van der Waals surface area contributed by atoms with Crippen molar-refractivity contribution in [3.05, 3.63) is 59.9 Å². The summed E-state index contributed by atoms with van der Waals surface area (Å²) < 4.78 is 10.2. The Bertz CT molecular complexity index is 878. The highest BCUT2D eigenvalue weighted by Gasteiger charge is 2.33. The van der Waals surface area contributed by atoms with E-state index < -0.39 is 0 Å². The van der Waals surface area contributed by atoms with Crippen LogP contribution >= 0.6 is 0 Å². The smallest absolute Gasteiger partial charge is 0.321 e. The molecule has 3 amide bonds. The van der Waals surface area contributed by atoms with Gasteiger partial charge >= 0.3 is 6.03 Å². The van der Waals surface area contributed by atoms with Crippen LogP contribution in [0.3, 0.4) is 0 Å². The number of pyridine rings is 1. The van der Waals surface area contributed by atoms with Crippen molar-refractivity contribution in [2.75, 3.05) is 58.4 Å². The van der Waals surface area contributed by atoms with Gasteiger partial charge < -0.3 is 24.6 Å². The summed E-state index contributed by atoms with van der Waals surface area (Å²) in [6.07, 6.45) is 3.62. The van der Waals surface area contributed by atoms with Gasteiger partial charge in [0.15, 0.2) is 0 Å². The van der Waals surface area contributed by atoms with E-state index in [9.17, 15) is 9.59 Å². The minimum absolute atomic E-state index is 0.00960. The van der Waals surface area contributed by atoms with Crippen molar-refractivity contribution < 1.29 is 19.1 Å². The van der Waals surface area contributed by atoms with Crippen molar-refractivity contribution in [1.82, 2.24) is 14.8 Å². The summed E-state index contributed by atoms with van der Waals surface area (Å²) in [5.41, 5.74) is 3.12. The topological polar surface area (TPSA) is 84.0 Å². The van der Waals surface area contributed by atoms with Crippen LogP contribution in [0.2, 0.25) is 0 Å². The molecule has 1 N–H and O–H groups in total. The Labute approximate surface area is 182 Å². The third-order valence-electron chi connectivity index (χ3n) is 5.85. The predicted octanol–water partition coefficient (Wildman–Crippen LogP) is 2.30. The van der Waals surface area contributed by atoms with Gasteiger partial charge in [0.1, 0.15) is 6.61 Å². The zero-order valence-corrected chi connectivity index (χ0v) is 17.7. The summed E-state index contributed by atoms with van der Waals surface area (Å²) in [6.45, 7) is 3.81. The highest BCUT2D eigenvalue weighted by atomic mass is 16.5. The van der Waals surface area contributed by atoms with E-state index in [0.717, 1.165) is 5.69 Å². The molecule has 4 rings (SSSR count). The zero-order valence-electron chi connectivity index (χ0n) is 17.7. The number of amides is 3. The molecule has 0 saturated carbocycles. The largest absolute Gasteiger partial charge is 0.382 e. The molecule has 1 aromatic heterocycles. The van der Waals surface area contributed by atoms with Crippen LogP contribution in [-0.4, -0.2) is 79.8 Å². The average Bonchev–Trinajstić information content (AvgIpc) is 2.71. The summed E-state index contributed by atoms with van der Waals surface area (Å²) in [7, 11) is 1.60. The maximum atomic E-state index is 12.4. The lowest BCUT2D eigenvalue weighted by Gasteiger charge is -2.40. The number of urea groups is 1. The molecule has 2 fully saturated rings. The number of likely N-dealkylation sites (tertiary alicyclic amines) is 2. The molecule has 164 valence electrons. The summed E-state index contributed by atoms with van der Waals surface area (Å²) in [4.78, 5) is 32.2. The molecular weight excluding hydrogens is 396 g/mol. The third-order valence-corrected chi connectivity index (χ3v) is 5.85. The highest BCUT2D eigenvalue weighted by molar-refractivity contribution is 5.90. The fourth-order valence-electron chi connectivity index (χ4n) is 3.80. The quantitative estimate of drug-likeness (QED) is 0.658. The number of methoxy groups -OCH3 is 1. The number of carbonyl (C=O) groups excluding carboxylic acids is 2. The number of nitrogens with one attached hydrogen (secondary N) is 1. The number of hydrogen-bond donors (Lipinski definition) is 1. The zero-order chi connectivity index (χ0) is 21.6. The molecule has 0 radical (unpaired) electrons. The monoisotopic (exact) mass is 424 g/mol. The predicted molar refractivity (Wildman–Crippen MR) is 116 cm³/mol. The molecule has 2 aliphatic rings. The summed E-state index contributed by atoms with van der Waals surface area (Å²) in [6, 6.07) is 11.8. The average molecular weight is 425 g/mol. The van der Waals surface area contributed by atoms with Gasteiger partial charge in [0.2, 0.25) is 5.91 Å². The normalized spacial score (nSPS) is 16.5. The lowest BCUT2D eigenvalue weighted by Crippen LogP contribution is -2.50. The van der Waals surface area contributed by atoms with E-state index in [1.54, 1.807) is 23.1 Å². The summed E-state index contributed by atoms with van der Waals surface area (Å²) in [5, 5.41) is 2.96. The van der Waals surface area contributed by atoms with Crippen molar-refractivity contribution in [2.24, 2.45) is 0 Å². The Balaban J connectivity index is 1.18. The molecule has 2 aliphatic heterocycles. The molecule has 3 heterocycles. The van der Waals surface area contributed by atoms with Gasteiger partial charge in [-0.25, -0.2) is 4.79 Å². The molecule has 0 unspecified atom stereocenters. The molecule has 0 aliphatic carbocycles. The van der Waals surface area contributed by atoms with Crippen molar-refractivity contribution in [3.63, 3.8) is 0 Å². The van der Waals surface area contributed by atoms with Crippen LogP contribution in [0.15, 0.2) is 48.8 Å². The van der Waals surface area contributed by atoms with E-state index in [1.807, 2.05) is 36.5 Å². The summed E-state index contributed by atoms with van der Waals surface area (Å²) in [5.74, 6) is 0.690. The minimum atomic E-state index is -0.0817. The SMILES string of the molecule is COCCOCC(=O)N1CC(c2ccc(NC(=O)N3CC(c4cccnc4)C3)cc2)C1. The number of anilines is 1. The van der Waals surface area contributed by atoms with Crippen LogP contribution in [0.5, 0.6) is 0 Å². The van der Waals surface area contributed by atoms with Gasteiger partial charge in [-0.2, -0.15) is 0 Å². The number of aromatic nitrogens is 1. The molecule has 0 bridgehead atoms. The Morgan fingerprint density at radius 2 is 1.71 bits per heavy atom. The van der Waals surface area contributed by atoms with E-state index in [1.165, 1.54) is 11.1 Å². The number of hydrogen-bond acceptors (Lipinski definition) is 5. The van der Waals surface area contributed by atoms with Crippen LogP contribution in [0, 0.1) is 0 Å². The van der Waals surface area contributed by atoms with E-state index in [0.29, 0.717) is 51.2 Å². The van der Waals surface area contributed by atoms with E-state index in [4.69, 9.17) is 9.47 Å². The van der Waals surface area contributed by atoms with Gasteiger partial charge in [-0.15, -0.1) is 0 Å². The molecule has 2 saturated heterocycles. The lowest BCUT2D eigenvalue weighted by atomic mass is 9.91. The molecule has 2 aromatic rings. The van der Waals surface area contributed by atoms with Crippen LogP contribution in [0.1, 0.15) is 23.0 Å². The molecule has 8 heteroatoms. The minimum Gasteiger partial charge on any atom is -0.382 e. The van der Waals surface area contributed by atoms with Gasteiger partial charge in [-0.05, 0) is 29.3 Å². The van der Waals surface area contributed by atoms with Crippen LogP contribution in [-0.2, 0) is 14.3 Å². The first-order valence-electron chi connectivity index (χ1n) is 10.5. The maximum absolute atomic E-state index is 12.4. The van der Waals surface area contributed by atoms with Crippen LogP contribution in [0.25, 0.3) is 0 Å². The number of rotatable bonds is 8. The Morgan fingerprint density at radius 3 is 2.39 bits per heavy atom. The standard InChI is InChI=1S/C23H28N4O4/c1-30-9-10-31-16-22(28)26-12-19(13-26)17-4-6-21(7-5-17)25-23(29)27-14-20(15-27)18-3-2-8-24-11-18/h2-8,11,19-20H,9-10,12-16H2,1H3,(H,25,29). The van der Waals surface area contributed by atoms with Gasteiger partial charge in [0.25, 0.3) is 0 Å². The molecule has 31 heavy (non-hydrogen) atoms. The fraction of sp³-hybridized carbons (Fsp3) is 0.435. The van der Waals surface area contributed by atoms with Gasteiger partial charge in [-0.1, -0.05) is 18.2 Å². The Morgan fingerprint density at radius 1 is 1.00 bits per heavy atom. The number of carbonyl (C=O) groups is 2. The van der Waals surface area contributed by atoms with Crippen LogP contribution in [0.4, 0.5) is 10.5 Å². The molecule has 8 nitrogen and oxygen atoms in total. The van der Waals surface area contributed by atoms with Crippen molar-refractivity contribution in [1.29, 1.82) is 0 Å². The Kier molecular flexibility index (Phi) is 6.79. The molecule has 0 spiro atoms. The number of ether oxygens (including phenoxy) is 2. The Hall–Kier alpha value is -2.97. The maximum Gasteiger partial charge on any atom is 0.321 e. The second-order valence-corrected chi connectivity index (χ2v) is 7.98. The third kappa shape index (κ3) is 5.21. The summed E-state index contributed by atoms with van der Waals surface area (Å²) >= 11 is 0. The highest BCUT2D eigenvalue weighted by Crippen LogP contribution is 2.29. The lowest BCUT2D eigenvalue weighted by molar-refractivity contribution is -0.141. The fourth-order valence-corrected chi connectivity index (χ4v) is 3.80. The van der Waals surface area contributed by atoms with Crippen molar-refractivity contribution >= 4 is 17.6 Å². The first-order valence-corrected chi connectivity index (χ1v) is 10.5. The first-order chi connectivity index (χ1) is 15.1.